The first kappa shape index (κ1) is 12.8. The van der Waals surface area contributed by atoms with Crippen molar-refractivity contribution in [1.29, 1.82) is 0 Å². The number of carbonyl (C=O) groups excluding carboxylic acids is 1. The Labute approximate surface area is 79.5 Å². The molecule has 0 aromatic carbocycles. The molecule has 82 valence electrons. The Morgan fingerprint density at radius 1 is 1.21 bits per heavy atom. The van der Waals surface area contributed by atoms with Crippen molar-refractivity contribution in [1.82, 2.24) is 0 Å². The van der Waals surface area contributed by atoms with Crippen molar-refractivity contribution in [3.8, 4) is 0 Å². The highest BCUT2D eigenvalue weighted by Crippen LogP contribution is 2.25. The van der Waals surface area contributed by atoms with Gasteiger partial charge >= 0.3 is 12.3 Å². The zero-order chi connectivity index (χ0) is 11.6. The third-order valence-electron chi connectivity index (χ3n) is 0.912. The molecule has 0 saturated carbocycles. The van der Waals surface area contributed by atoms with Crippen LogP contribution in [0.3, 0.4) is 0 Å². The van der Waals surface area contributed by atoms with Crippen LogP contribution in [0.1, 0.15) is 20.8 Å². The fraction of sp³-hybridized carbons (Fsp3) is 0.625. The van der Waals surface area contributed by atoms with E-state index in [2.05, 4.69) is 16.1 Å². The van der Waals surface area contributed by atoms with Gasteiger partial charge in [-0.05, 0) is 20.8 Å². The molecule has 14 heavy (non-hydrogen) atoms. The van der Waals surface area contributed by atoms with Gasteiger partial charge in [0, 0.05) is 0 Å². The van der Waals surface area contributed by atoms with Crippen LogP contribution in [-0.2, 0) is 9.47 Å². The smallest absolute Gasteiger partial charge is 0.428 e. The highest BCUT2D eigenvalue weighted by Gasteiger charge is 2.36. The molecule has 0 radical (unpaired) electrons. The monoisotopic (exact) mass is 212 g/mol. The lowest BCUT2D eigenvalue weighted by molar-refractivity contribution is -0.128. The van der Waals surface area contributed by atoms with E-state index < -0.39 is 23.7 Å². The summed E-state index contributed by atoms with van der Waals surface area (Å²) in [6.07, 6.45) is -6.17. The lowest BCUT2D eigenvalue weighted by Gasteiger charge is -2.19. The first-order chi connectivity index (χ1) is 6.02. The standard InChI is InChI=1S/C8H11F3O3/c1-5(8(9,10)11)13-6(12)14-7(2,3)4/h1H2,2-4H3. The van der Waals surface area contributed by atoms with Crippen LogP contribution in [0.4, 0.5) is 18.0 Å². The third-order valence-corrected chi connectivity index (χ3v) is 0.912. The van der Waals surface area contributed by atoms with Gasteiger partial charge in [0.2, 0.25) is 5.76 Å². The summed E-state index contributed by atoms with van der Waals surface area (Å²) >= 11 is 0. The first-order valence-electron chi connectivity index (χ1n) is 3.69. The second-order valence-corrected chi connectivity index (χ2v) is 3.49. The molecular formula is C8H11F3O3. The predicted molar refractivity (Wildman–Crippen MR) is 42.5 cm³/mol. The van der Waals surface area contributed by atoms with E-state index in [0.717, 1.165) is 0 Å². The summed E-state index contributed by atoms with van der Waals surface area (Å²) in [6, 6.07) is 0. The van der Waals surface area contributed by atoms with E-state index in [4.69, 9.17) is 0 Å². The van der Waals surface area contributed by atoms with Gasteiger partial charge < -0.3 is 9.47 Å². The molecule has 0 amide bonds. The van der Waals surface area contributed by atoms with Crippen molar-refractivity contribution >= 4 is 6.16 Å². The zero-order valence-corrected chi connectivity index (χ0v) is 8.07. The minimum absolute atomic E-state index is 0.900. The minimum Gasteiger partial charge on any atom is -0.428 e. The number of allylic oxidation sites excluding steroid dienone is 1. The maximum atomic E-state index is 11.8. The fourth-order valence-corrected chi connectivity index (χ4v) is 0.429. The van der Waals surface area contributed by atoms with Crippen molar-refractivity contribution in [3.05, 3.63) is 12.3 Å². The topological polar surface area (TPSA) is 35.5 Å². The Hall–Kier alpha value is -1.20. The van der Waals surface area contributed by atoms with E-state index in [1.165, 1.54) is 20.8 Å². The lowest BCUT2D eigenvalue weighted by Crippen LogP contribution is -2.26. The second kappa shape index (κ2) is 3.89. The van der Waals surface area contributed by atoms with Crippen LogP contribution in [-0.4, -0.2) is 17.9 Å². The molecule has 0 heterocycles. The zero-order valence-electron chi connectivity index (χ0n) is 8.07. The van der Waals surface area contributed by atoms with Crippen LogP contribution in [0.5, 0.6) is 0 Å². The van der Waals surface area contributed by atoms with Crippen LogP contribution in [0.25, 0.3) is 0 Å². The van der Waals surface area contributed by atoms with Crippen LogP contribution < -0.4 is 0 Å². The number of hydrogen-bond donors (Lipinski definition) is 0. The molecule has 0 aromatic heterocycles. The number of ether oxygens (including phenoxy) is 2. The predicted octanol–water partition coefficient (Wildman–Crippen LogP) is 3.01. The molecule has 0 N–H and O–H groups in total. The quantitative estimate of drug-likeness (QED) is 0.495. The lowest BCUT2D eigenvalue weighted by atomic mass is 10.2. The Bertz CT molecular complexity index is 237. The first-order valence-corrected chi connectivity index (χ1v) is 3.69. The molecule has 0 unspecified atom stereocenters. The summed E-state index contributed by atoms with van der Waals surface area (Å²) in [7, 11) is 0. The van der Waals surface area contributed by atoms with Gasteiger partial charge in [0.05, 0.1) is 0 Å². The highest BCUT2D eigenvalue weighted by molar-refractivity contribution is 5.62. The van der Waals surface area contributed by atoms with Gasteiger partial charge in [0.1, 0.15) is 5.60 Å². The maximum Gasteiger partial charge on any atom is 0.514 e. The Kier molecular flexibility index (Phi) is 3.56. The number of halogens is 3. The van der Waals surface area contributed by atoms with E-state index in [0.29, 0.717) is 0 Å². The summed E-state index contributed by atoms with van der Waals surface area (Å²) < 4.78 is 43.7. The second-order valence-electron chi connectivity index (χ2n) is 3.49. The van der Waals surface area contributed by atoms with E-state index >= 15 is 0 Å². The molecule has 6 heteroatoms. The van der Waals surface area contributed by atoms with Gasteiger partial charge in [-0.1, -0.05) is 6.58 Å². The fourth-order valence-electron chi connectivity index (χ4n) is 0.429. The Morgan fingerprint density at radius 3 is 1.93 bits per heavy atom. The highest BCUT2D eigenvalue weighted by atomic mass is 19.4. The van der Waals surface area contributed by atoms with E-state index in [9.17, 15) is 18.0 Å². The molecule has 0 rings (SSSR count). The summed E-state index contributed by atoms with van der Waals surface area (Å²) in [5.74, 6) is -1.59. The van der Waals surface area contributed by atoms with E-state index in [1.807, 2.05) is 0 Å². The Balaban J connectivity index is 4.16. The molecule has 3 nitrogen and oxygen atoms in total. The third kappa shape index (κ3) is 5.45. The van der Waals surface area contributed by atoms with E-state index in [-0.39, 0.29) is 0 Å². The molecule has 0 spiro atoms. The molecule has 0 atom stereocenters. The number of alkyl halides is 3. The average Bonchev–Trinajstić information content (AvgIpc) is 1.79. The molecule has 0 aliphatic carbocycles. The van der Waals surface area contributed by atoms with Gasteiger partial charge in [0.25, 0.3) is 0 Å². The summed E-state index contributed by atoms with van der Waals surface area (Å²) in [4.78, 5) is 10.7. The van der Waals surface area contributed by atoms with Crippen molar-refractivity contribution < 1.29 is 27.4 Å². The molecule has 0 saturated heterocycles. The number of hydrogen-bond acceptors (Lipinski definition) is 3. The van der Waals surface area contributed by atoms with Crippen LogP contribution >= 0.6 is 0 Å². The van der Waals surface area contributed by atoms with Crippen molar-refractivity contribution in [3.63, 3.8) is 0 Å². The summed E-state index contributed by atoms with van der Waals surface area (Å²) in [5.41, 5.74) is -0.900. The van der Waals surface area contributed by atoms with Gasteiger partial charge in [-0.2, -0.15) is 13.2 Å². The minimum atomic E-state index is -4.75. The van der Waals surface area contributed by atoms with Crippen LogP contribution in [0.15, 0.2) is 12.3 Å². The molecule has 0 fully saturated rings. The summed E-state index contributed by atoms with van der Waals surface area (Å²) in [5, 5.41) is 0. The molecule has 0 bridgehead atoms. The molecule has 0 aliphatic rings. The van der Waals surface area contributed by atoms with Crippen LogP contribution in [0.2, 0.25) is 0 Å². The molecular weight excluding hydrogens is 201 g/mol. The van der Waals surface area contributed by atoms with Gasteiger partial charge in [-0.15, -0.1) is 0 Å². The molecule has 0 aromatic rings. The SMILES string of the molecule is C=C(OC(=O)OC(C)(C)C)C(F)(F)F. The van der Waals surface area contributed by atoms with E-state index in [1.54, 1.807) is 0 Å². The average molecular weight is 212 g/mol. The van der Waals surface area contributed by atoms with Crippen molar-refractivity contribution in [2.75, 3.05) is 0 Å². The largest absolute Gasteiger partial charge is 0.514 e. The van der Waals surface area contributed by atoms with Crippen molar-refractivity contribution in [2.45, 2.75) is 32.5 Å². The Morgan fingerprint density at radius 2 is 1.64 bits per heavy atom. The maximum absolute atomic E-state index is 11.8. The molecule has 0 aliphatic heterocycles. The van der Waals surface area contributed by atoms with Gasteiger partial charge in [-0.3, -0.25) is 0 Å². The summed E-state index contributed by atoms with van der Waals surface area (Å²) in [6.45, 7) is 7.06. The number of rotatable bonds is 1. The van der Waals surface area contributed by atoms with Gasteiger partial charge in [-0.25, -0.2) is 4.79 Å². The normalized spacial score (nSPS) is 12.1. The van der Waals surface area contributed by atoms with Crippen molar-refractivity contribution in [2.24, 2.45) is 0 Å². The number of carbonyl (C=O) groups is 1. The van der Waals surface area contributed by atoms with Crippen LogP contribution in [0, 0.1) is 0 Å². The van der Waals surface area contributed by atoms with Gasteiger partial charge in [0.15, 0.2) is 0 Å².